The largest absolute Gasteiger partial charge is 0.468 e. The predicted molar refractivity (Wildman–Crippen MR) is 110 cm³/mol. The number of carbonyl (C=O) groups excluding carboxylic acids is 1. The van der Waals surface area contributed by atoms with Gasteiger partial charge in [-0.15, -0.1) is 0 Å². The number of hydrogen-bond donors (Lipinski definition) is 1. The summed E-state index contributed by atoms with van der Waals surface area (Å²) in [7, 11) is 0. The van der Waals surface area contributed by atoms with Crippen molar-refractivity contribution in [2.24, 2.45) is 0 Å². The second kappa shape index (κ2) is 9.26. The molecular weight excluding hydrogens is 407 g/mol. The van der Waals surface area contributed by atoms with Gasteiger partial charge in [-0.2, -0.15) is 0 Å². The molecule has 1 fully saturated rings. The normalized spacial score (nSPS) is 15.6. The van der Waals surface area contributed by atoms with E-state index in [1.807, 2.05) is 6.07 Å². The van der Waals surface area contributed by atoms with Crippen molar-refractivity contribution in [3.63, 3.8) is 0 Å². The zero-order valence-corrected chi connectivity index (χ0v) is 16.7. The van der Waals surface area contributed by atoms with E-state index in [1.165, 1.54) is 18.2 Å². The van der Waals surface area contributed by atoms with E-state index in [0.29, 0.717) is 18.8 Å². The van der Waals surface area contributed by atoms with Gasteiger partial charge in [-0.3, -0.25) is 9.69 Å². The minimum atomic E-state index is -1.06. The summed E-state index contributed by atoms with van der Waals surface area (Å²) in [5.41, 5.74) is 1.01. The Morgan fingerprint density at radius 1 is 0.968 bits per heavy atom. The minimum absolute atomic E-state index is 0.0539. The van der Waals surface area contributed by atoms with Gasteiger partial charge in [0.2, 0.25) is 0 Å². The predicted octanol–water partition coefficient (Wildman–Crippen LogP) is 3.99. The van der Waals surface area contributed by atoms with E-state index in [2.05, 4.69) is 15.1 Å². The third-order valence-corrected chi connectivity index (χ3v) is 5.46. The molecular formula is C23H22F3N3O2. The Balaban J connectivity index is 1.41. The van der Waals surface area contributed by atoms with Gasteiger partial charge in [0.05, 0.1) is 12.3 Å². The molecule has 0 saturated carbocycles. The van der Waals surface area contributed by atoms with Crippen molar-refractivity contribution in [1.29, 1.82) is 0 Å². The van der Waals surface area contributed by atoms with Crippen LogP contribution in [-0.2, 0) is 0 Å². The molecule has 1 N–H and O–H groups in total. The van der Waals surface area contributed by atoms with Crippen molar-refractivity contribution >= 4 is 11.6 Å². The van der Waals surface area contributed by atoms with E-state index in [9.17, 15) is 18.0 Å². The average molecular weight is 429 g/mol. The van der Waals surface area contributed by atoms with Crippen molar-refractivity contribution in [3.8, 4) is 0 Å². The average Bonchev–Trinajstić information content (AvgIpc) is 3.31. The first kappa shape index (κ1) is 21.0. The molecule has 0 aliphatic carbocycles. The molecule has 1 amide bonds. The molecule has 8 heteroatoms. The standard InChI is InChI=1S/C23H22F3N3O2/c24-17-4-6-18(7-5-17)28-9-11-29(12-10-28)21(22-2-1-13-31-22)15-27-23(30)16-3-8-19(25)20(26)14-16/h1-8,13-14,21H,9-12,15H2,(H,27,30). The molecule has 1 aromatic heterocycles. The summed E-state index contributed by atoms with van der Waals surface area (Å²) in [6.45, 7) is 3.15. The highest BCUT2D eigenvalue weighted by atomic mass is 19.2. The number of anilines is 1. The zero-order valence-electron chi connectivity index (χ0n) is 16.7. The Labute approximate surface area is 178 Å². The molecule has 2 heterocycles. The fourth-order valence-corrected chi connectivity index (χ4v) is 3.76. The number of rotatable bonds is 6. The SMILES string of the molecule is O=C(NCC(c1ccco1)N1CCN(c2ccc(F)cc2)CC1)c1ccc(F)c(F)c1. The fourth-order valence-electron chi connectivity index (χ4n) is 3.76. The molecule has 31 heavy (non-hydrogen) atoms. The molecule has 0 bridgehead atoms. The molecule has 1 aliphatic rings. The summed E-state index contributed by atoms with van der Waals surface area (Å²) in [5.74, 6) is -2.10. The monoisotopic (exact) mass is 429 g/mol. The van der Waals surface area contributed by atoms with Crippen LogP contribution in [0.4, 0.5) is 18.9 Å². The van der Waals surface area contributed by atoms with E-state index in [0.717, 1.165) is 30.9 Å². The van der Waals surface area contributed by atoms with Crippen LogP contribution in [0.25, 0.3) is 0 Å². The Kier molecular flexibility index (Phi) is 6.27. The first-order chi connectivity index (χ1) is 15.0. The summed E-state index contributed by atoms with van der Waals surface area (Å²) in [5, 5.41) is 2.80. The lowest BCUT2D eigenvalue weighted by atomic mass is 10.1. The van der Waals surface area contributed by atoms with Crippen LogP contribution < -0.4 is 10.2 Å². The number of carbonyl (C=O) groups is 1. The molecule has 2 aromatic carbocycles. The van der Waals surface area contributed by atoms with Crippen LogP contribution in [0.5, 0.6) is 0 Å². The van der Waals surface area contributed by atoms with Crippen molar-refractivity contribution in [3.05, 3.63) is 89.6 Å². The number of halogens is 3. The van der Waals surface area contributed by atoms with E-state index in [-0.39, 0.29) is 24.0 Å². The molecule has 4 rings (SSSR count). The van der Waals surface area contributed by atoms with E-state index < -0.39 is 17.5 Å². The lowest BCUT2D eigenvalue weighted by Gasteiger charge is -2.39. The van der Waals surface area contributed by atoms with Crippen LogP contribution in [0.2, 0.25) is 0 Å². The highest BCUT2D eigenvalue weighted by Crippen LogP contribution is 2.24. The molecule has 5 nitrogen and oxygen atoms in total. The van der Waals surface area contributed by atoms with Crippen LogP contribution in [-0.4, -0.2) is 43.5 Å². The lowest BCUT2D eigenvalue weighted by Crippen LogP contribution is -2.49. The first-order valence-corrected chi connectivity index (χ1v) is 10.0. The molecule has 1 aliphatic heterocycles. The maximum absolute atomic E-state index is 13.4. The number of benzene rings is 2. The van der Waals surface area contributed by atoms with Gasteiger partial charge in [-0.1, -0.05) is 0 Å². The summed E-state index contributed by atoms with van der Waals surface area (Å²) in [6, 6.07) is 12.9. The molecule has 3 aromatic rings. The Morgan fingerprint density at radius 3 is 2.35 bits per heavy atom. The maximum atomic E-state index is 13.4. The van der Waals surface area contributed by atoms with Crippen molar-refractivity contribution < 1.29 is 22.4 Å². The summed E-state index contributed by atoms with van der Waals surface area (Å²) in [6.07, 6.45) is 1.58. The molecule has 1 atom stereocenters. The van der Waals surface area contributed by atoms with Gasteiger partial charge in [0.25, 0.3) is 5.91 Å². The summed E-state index contributed by atoms with van der Waals surface area (Å²) in [4.78, 5) is 16.8. The van der Waals surface area contributed by atoms with Crippen molar-refractivity contribution in [2.45, 2.75) is 6.04 Å². The lowest BCUT2D eigenvalue weighted by molar-refractivity contribution is 0.0922. The second-order valence-corrected chi connectivity index (χ2v) is 7.37. The van der Waals surface area contributed by atoms with Gasteiger partial charge in [0.15, 0.2) is 11.6 Å². The second-order valence-electron chi connectivity index (χ2n) is 7.37. The van der Waals surface area contributed by atoms with Crippen molar-refractivity contribution in [1.82, 2.24) is 10.2 Å². The summed E-state index contributed by atoms with van der Waals surface area (Å²) >= 11 is 0. The first-order valence-electron chi connectivity index (χ1n) is 10.0. The quantitative estimate of drug-likeness (QED) is 0.644. The van der Waals surface area contributed by atoms with Gasteiger partial charge in [-0.25, -0.2) is 13.2 Å². The molecule has 162 valence electrons. The van der Waals surface area contributed by atoms with Gasteiger partial charge < -0.3 is 14.6 Å². The summed E-state index contributed by atoms with van der Waals surface area (Å²) < 4.78 is 45.3. The highest BCUT2D eigenvalue weighted by molar-refractivity contribution is 5.94. The third-order valence-electron chi connectivity index (χ3n) is 5.46. The molecule has 1 saturated heterocycles. The molecule has 0 spiro atoms. The Morgan fingerprint density at radius 2 is 1.71 bits per heavy atom. The fraction of sp³-hybridized carbons (Fsp3) is 0.261. The number of nitrogens with one attached hydrogen (secondary N) is 1. The van der Waals surface area contributed by atoms with Gasteiger partial charge in [-0.05, 0) is 54.6 Å². The van der Waals surface area contributed by atoms with E-state index in [1.54, 1.807) is 24.5 Å². The zero-order chi connectivity index (χ0) is 21.8. The van der Waals surface area contributed by atoms with Crippen molar-refractivity contribution in [2.75, 3.05) is 37.6 Å². The Bertz CT molecular complexity index is 1020. The number of piperazine rings is 1. The minimum Gasteiger partial charge on any atom is -0.468 e. The maximum Gasteiger partial charge on any atom is 0.251 e. The molecule has 0 radical (unpaired) electrons. The van der Waals surface area contributed by atoms with Crippen LogP contribution in [0, 0.1) is 17.5 Å². The molecule has 1 unspecified atom stereocenters. The number of nitrogens with zero attached hydrogens (tertiary/aromatic N) is 2. The Hall–Kier alpha value is -3.26. The van der Waals surface area contributed by atoms with E-state index >= 15 is 0 Å². The van der Waals surface area contributed by atoms with Gasteiger partial charge >= 0.3 is 0 Å². The topological polar surface area (TPSA) is 48.7 Å². The van der Waals surface area contributed by atoms with Crippen LogP contribution in [0.3, 0.4) is 0 Å². The number of hydrogen-bond acceptors (Lipinski definition) is 4. The van der Waals surface area contributed by atoms with Crippen LogP contribution in [0.1, 0.15) is 22.2 Å². The highest BCUT2D eigenvalue weighted by Gasteiger charge is 2.27. The number of furan rings is 1. The smallest absolute Gasteiger partial charge is 0.251 e. The van der Waals surface area contributed by atoms with E-state index in [4.69, 9.17) is 4.42 Å². The third kappa shape index (κ3) is 4.91. The number of amides is 1. The van der Waals surface area contributed by atoms with Gasteiger partial charge in [0, 0.05) is 44.0 Å². The van der Waals surface area contributed by atoms with Crippen LogP contribution in [0.15, 0.2) is 65.3 Å². The van der Waals surface area contributed by atoms with Gasteiger partial charge in [0.1, 0.15) is 11.6 Å². The van der Waals surface area contributed by atoms with Crippen LogP contribution >= 0.6 is 0 Å².